The van der Waals surface area contributed by atoms with Gasteiger partial charge in [-0.2, -0.15) is 14.6 Å². The monoisotopic (exact) mass is 356 g/mol. The van der Waals surface area contributed by atoms with Crippen molar-refractivity contribution in [2.45, 2.75) is 51.9 Å². The van der Waals surface area contributed by atoms with Crippen molar-refractivity contribution in [3.05, 3.63) is 18.1 Å². The van der Waals surface area contributed by atoms with Crippen LogP contribution >= 0.6 is 0 Å². The number of amides is 1. The molecule has 4 rings (SSSR count). The first-order chi connectivity index (χ1) is 12.8. The topological polar surface area (TPSA) is 66.6 Å². The molecule has 0 unspecified atom stereocenters. The van der Waals surface area contributed by atoms with Gasteiger partial charge in [-0.05, 0) is 19.3 Å². The molecule has 0 aromatic carbocycles. The van der Waals surface area contributed by atoms with Gasteiger partial charge in [-0.25, -0.2) is 4.98 Å². The summed E-state index contributed by atoms with van der Waals surface area (Å²) in [5.74, 6) is 2.33. The van der Waals surface area contributed by atoms with E-state index in [1.807, 2.05) is 4.52 Å². The van der Waals surface area contributed by atoms with Crippen molar-refractivity contribution in [1.82, 2.24) is 24.5 Å². The second kappa shape index (κ2) is 7.60. The van der Waals surface area contributed by atoms with Crippen molar-refractivity contribution >= 4 is 17.5 Å². The van der Waals surface area contributed by atoms with Gasteiger partial charge in [-0.1, -0.05) is 32.6 Å². The minimum absolute atomic E-state index is 0.259. The number of carbonyl (C=O) groups is 1. The number of piperazine rings is 1. The highest BCUT2D eigenvalue weighted by Gasteiger charge is 2.29. The summed E-state index contributed by atoms with van der Waals surface area (Å²) in [5, 5.41) is 4.34. The van der Waals surface area contributed by atoms with E-state index in [0.29, 0.717) is 11.7 Å². The summed E-state index contributed by atoms with van der Waals surface area (Å²) < 4.78 is 1.82. The van der Waals surface area contributed by atoms with E-state index in [9.17, 15) is 4.79 Å². The SMILES string of the molecule is CCCc1cc(N2CCN(C(=O)C3CCCCC3)CC2)n2ncnc2n1. The fourth-order valence-electron chi connectivity index (χ4n) is 4.22. The molecule has 1 amide bonds. The summed E-state index contributed by atoms with van der Waals surface area (Å²) in [5.41, 5.74) is 1.06. The Morgan fingerprint density at radius 1 is 1.15 bits per heavy atom. The Bertz CT molecular complexity index is 758. The number of rotatable bonds is 4. The molecule has 1 saturated heterocycles. The van der Waals surface area contributed by atoms with Gasteiger partial charge in [0.25, 0.3) is 5.78 Å². The second-order valence-corrected chi connectivity index (χ2v) is 7.47. The van der Waals surface area contributed by atoms with E-state index in [1.54, 1.807) is 6.33 Å². The van der Waals surface area contributed by atoms with Gasteiger partial charge in [0.15, 0.2) is 0 Å². The third-order valence-corrected chi connectivity index (χ3v) is 5.66. The Balaban J connectivity index is 1.47. The van der Waals surface area contributed by atoms with Crippen LogP contribution in [-0.4, -0.2) is 56.6 Å². The molecule has 0 spiro atoms. The van der Waals surface area contributed by atoms with Gasteiger partial charge in [-0.3, -0.25) is 4.79 Å². The number of aromatic nitrogens is 4. The predicted molar refractivity (Wildman–Crippen MR) is 100 cm³/mol. The molecule has 1 aliphatic carbocycles. The highest BCUT2D eigenvalue weighted by atomic mass is 16.2. The van der Waals surface area contributed by atoms with Gasteiger partial charge in [-0.15, -0.1) is 0 Å². The van der Waals surface area contributed by atoms with Crippen LogP contribution < -0.4 is 4.90 Å². The smallest absolute Gasteiger partial charge is 0.254 e. The minimum atomic E-state index is 0.259. The number of aryl methyl sites for hydroxylation is 1. The van der Waals surface area contributed by atoms with E-state index >= 15 is 0 Å². The molecule has 2 aromatic rings. The van der Waals surface area contributed by atoms with Gasteiger partial charge >= 0.3 is 0 Å². The molecule has 26 heavy (non-hydrogen) atoms. The number of carbonyl (C=O) groups excluding carboxylic acids is 1. The number of anilines is 1. The number of fused-ring (bicyclic) bond motifs is 1. The zero-order chi connectivity index (χ0) is 17.9. The Kier molecular flexibility index (Phi) is 5.04. The molecule has 0 radical (unpaired) electrons. The highest BCUT2D eigenvalue weighted by Crippen LogP contribution is 2.26. The predicted octanol–water partition coefficient (Wildman–Crippen LogP) is 2.31. The molecule has 0 bridgehead atoms. The zero-order valence-corrected chi connectivity index (χ0v) is 15.6. The molecule has 1 aliphatic heterocycles. The molecule has 7 heteroatoms. The summed E-state index contributed by atoms with van der Waals surface area (Å²) in [7, 11) is 0. The lowest BCUT2D eigenvalue weighted by molar-refractivity contribution is -0.136. The minimum Gasteiger partial charge on any atom is -0.353 e. The molecule has 2 aromatic heterocycles. The Hall–Kier alpha value is -2.18. The van der Waals surface area contributed by atoms with E-state index in [2.05, 4.69) is 37.9 Å². The summed E-state index contributed by atoms with van der Waals surface area (Å²) in [6.07, 6.45) is 9.40. The maximum atomic E-state index is 12.8. The van der Waals surface area contributed by atoms with Gasteiger partial charge in [0.05, 0.1) is 0 Å². The van der Waals surface area contributed by atoms with Crippen molar-refractivity contribution in [2.75, 3.05) is 31.1 Å². The molecular weight excluding hydrogens is 328 g/mol. The molecule has 2 fully saturated rings. The van der Waals surface area contributed by atoms with Crippen LogP contribution in [0, 0.1) is 5.92 Å². The zero-order valence-electron chi connectivity index (χ0n) is 15.6. The quantitative estimate of drug-likeness (QED) is 0.841. The summed E-state index contributed by atoms with van der Waals surface area (Å²) in [4.78, 5) is 26.0. The van der Waals surface area contributed by atoms with Crippen molar-refractivity contribution in [3.8, 4) is 0 Å². The maximum Gasteiger partial charge on any atom is 0.254 e. The fraction of sp³-hybridized carbons (Fsp3) is 0.684. The average Bonchev–Trinajstić information content (AvgIpc) is 3.16. The first-order valence-electron chi connectivity index (χ1n) is 9.99. The van der Waals surface area contributed by atoms with Crippen molar-refractivity contribution in [2.24, 2.45) is 5.92 Å². The van der Waals surface area contributed by atoms with E-state index in [0.717, 1.165) is 63.4 Å². The van der Waals surface area contributed by atoms with Crippen molar-refractivity contribution in [1.29, 1.82) is 0 Å². The van der Waals surface area contributed by atoms with Crippen molar-refractivity contribution in [3.63, 3.8) is 0 Å². The first kappa shape index (κ1) is 17.2. The second-order valence-electron chi connectivity index (χ2n) is 7.47. The third kappa shape index (κ3) is 3.39. The molecular formula is C19H28N6O. The van der Waals surface area contributed by atoms with E-state index in [1.165, 1.54) is 19.3 Å². The van der Waals surface area contributed by atoms with Gasteiger partial charge < -0.3 is 9.80 Å². The molecule has 3 heterocycles. The van der Waals surface area contributed by atoms with Crippen LogP contribution in [0.4, 0.5) is 5.82 Å². The molecule has 7 nitrogen and oxygen atoms in total. The maximum absolute atomic E-state index is 12.8. The van der Waals surface area contributed by atoms with Crippen LogP contribution in [0.2, 0.25) is 0 Å². The van der Waals surface area contributed by atoms with Crippen LogP contribution in [0.25, 0.3) is 5.78 Å². The summed E-state index contributed by atoms with van der Waals surface area (Å²) >= 11 is 0. The van der Waals surface area contributed by atoms with Crippen LogP contribution in [0.1, 0.15) is 51.1 Å². The summed E-state index contributed by atoms with van der Waals surface area (Å²) in [6, 6.07) is 2.13. The van der Waals surface area contributed by atoms with E-state index < -0.39 is 0 Å². The van der Waals surface area contributed by atoms with Gasteiger partial charge in [0.1, 0.15) is 12.1 Å². The van der Waals surface area contributed by atoms with Gasteiger partial charge in [0.2, 0.25) is 5.91 Å². The van der Waals surface area contributed by atoms with E-state index in [4.69, 9.17) is 0 Å². The lowest BCUT2D eigenvalue weighted by atomic mass is 9.88. The number of hydrogen-bond acceptors (Lipinski definition) is 5. The normalized spacial score (nSPS) is 19.3. The molecule has 1 saturated carbocycles. The molecule has 2 aliphatic rings. The standard InChI is InChI=1S/C19H28N6O/c1-2-6-16-13-17(25-19(22-16)20-14-21-25)23-9-11-24(12-10-23)18(26)15-7-4-3-5-8-15/h13-15H,2-12H2,1H3. The number of nitrogens with zero attached hydrogens (tertiary/aromatic N) is 6. The van der Waals surface area contributed by atoms with Crippen LogP contribution in [-0.2, 0) is 11.2 Å². The Labute approximate surface area is 154 Å². The van der Waals surface area contributed by atoms with Crippen LogP contribution in [0.15, 0.2) is 12.4 Å². The van der Waals surface area contributed by atoms with E-state index in [-0.39, 0.29) is 5.92 Å². The number of hydrogen-bond donors (Lipinski definition) is 0. The van der Waals surface area contributed by atoms with Crippen molar-refractivity contribution < 1.29 is 4.79 Å². The molecule has 0 N–H and O–H groups in total. The van der Waals surface area contributed by atoms with Crippen LogP contribution in [0.3, 0.4) is 0 Å². The molecule has 0 atom stereocenters. The molecule has 140 valence electrons. The highest BCUT2D eigenvalue weighted by molar-refractivity contribution is 5.79. The third-order valence-electron chi connectivity index (χ3n) is 5.66. The van der Waals surface area contributed by atoms with Gasteiger partial charge in [0, 0.05) is 43.9 Å². The lowest BCUT2D eigenvalue weighted by Gasteiger charge is -2.38. The Morgan fingerprint density at radius 2 is 1.92 bits per heavy atom. The van der Waals surface area contributed by atoms with Crippen LogP contribution in [0.5, 0.6) is 0 Å². The fourth-order valence-corrected chi connectivity index (χ4v) is 4.22. The first-order valence-corrected chi connectivity index (χ1v) is 9.99. The largest absolute Gasteiger partial charge is 0.353 e. The Morgan fingerprint density at radius 3 is 2.65 bits per heavy atom. The summed E-state index contributed by atoms with van der Waals surface area (Å²) in [6.45, 7) is 5.41. The lowest BCUT2D eigenvalue weighted by Crippen LogP contribution is -2.51. The average molecular weight is 356 g/mol.